The van der Waals surface area contributed by atoms with Crippen molar-refractivity contribution in [2.75, 3.05) is 19.4 Å². The van der Waals surface area contributed by atoms with Crippen LogP contribution in [0.15, 0.2) is 29.2 Å². The number of amides is 1. The molecule has 0 aromatic heterocycles. The summed E-state index contributed by atoms with van der Waals surface area (Å²) in [6, 6.07) is 8.21. The monoisotopic (exact) mass is 337 g/mol. The molecule has 1 aromatic rings. The molecule has 2 atom stereocenters. The molecule has 1 aliphatic rings. The molecule has 0 bridgehead atoms. The van der Waals surface area contributed by atoms with Gasteiger partial charge in [-0.1, -0.05) is 32.9 Å². The number of carbonyl (C=O) groups is 1. The smallest absolute Gasteiger partial charge is 0.407 e. The van der Waals surface area contributed by atoms with Crippen LogP contribution in [0.5, 0.6) is 0 Å². The van der Waals surface area contributed by atoms with Gasteiger partial charge in [0.05, 0.1) is 6.61 Å². The fourth-order valence-electron chi connectivity index (χ4n) is 3.52. The maximum Gasteiger partial charge on any atom is 0.407 e. The van der Waals surface area contributed by atoms with E-state index in [9.17, 15) is 15.0 Å². The molecular formula is C18H27NO3S. The van der Waals surface area contributed by atoms with Gasteiger partial charge in [-0.25, -0.2) is 4.79 Å². The van der Waals surface area contributed by atoms with Crippen molar-refractivity contribution < 1.29 is 15.0 Å². The Kier molecular flexibility index (Phi) is 5.31. The van der Waals surface area contributed by atoms with E-state index in [-0.39, 0.29) is 23.5 Å². The van der Waals surface area contributed by atoms with Crippen LogP contribution in [-0.4, -0.2) is 46.7 Å². The lowest BCUT2D eigenvalue weighted by Crippen LogP contribution is -2.56. The molecule has 4 nitrogen and oxygen atoms in total. The highest BCUT2D eigenvalue weighted by Crippen LogP contribution is 2.43. The number of aliphatic hydroxyl groups excluding tert-OH is 1. The minimum atomic E-state index is -0.866. The number of nitrogens with zero attached hydrogens (tertiary/aromatic N) is 1. The zero-order valence-electron chi connectivity index (χ0n) is 14.4. The Morgan fingerprint density at radius 1 is 1.35 bits per heavy atom. The molecule has 2 rings (SSSR count). The second kappa shape index (κ2) is 6.73. The molecule has 2 unspecified atom stereocenters. The molecule has 0 spiro atoms. The molecule has 0 radical (unpaired) electrons. The molecule has 1 fully saturated rings. The summed E-state index contributed by atoms with van der Waals surface area (Å²) in [5.74, 6) is 0. The Morgan fingerprint density at radius 3 is 2.39 bits per heavy atom. The van der Waals surface area contributed by atoms with Crippen molar-refractivity contribution in [3.05, 3.63) is 29.8 Å². The SMILES string of the molecule is CSc1ccc(C2(CO)CCN(C(=O)O)C(C(C)(C)C)C2)cc1. The second-order valence-corrected chi connectivity index (χ2v) is 8.36. The molecular weight excluding hydrogens is 310 g/mol. The maximum atomic E-state index is 11.6. The molecule has 1 amide bonds. The van der Waals surface area contributed by atoms with Gasteiger partial charge >= 0.3 is 6.09 Å². The van der Waals surface area contributed by atoms with Gasteiger partial charge in [0.15, 0.2) is 0 Å². The zero-order chi connectivity index (χ0) is 17.3. The summed E-state index contributed by atoms with van der Waals surface area (Å²) >= 11 is 1.69. The van der Waals surface area contributed by atoms with Crippen molar-refractivity contribution in [1.29, 1.82) is 0 Å². The van der Waals surface area contributed by atoms with E-state index in [1.54, 1.807) is 16.7 Å². The highest BCUT2D eigenvalue weighted by Gasteiger charge is 2.46. The van der Waals surface area contributed by atoms with Gasteiger partial charge in [0.2, 0.25) is 0 Å². The summed E-state index contributed by atoms with van der Waals surface area (Å²) in [5, 5.41) is 19.7. The van der Waals surface area contributed by atoms with E-state index >= 15 is 0 Å². The summed E-state index contributed by atoms with van der Waals surface area (Å²) in [6.45, 7) is 6.71. The lowest BCUT2D eigenvalue weighted by molar-refractivity contribution is 0.0125. The maximum absolute atomic E-state index is 11.6. The van der Waals surface area contributed by atoms with Crippen molar-refractivity contribution >= 4 is 17.9 Å². The quantitative estimate of drug-likeness (QED) is 0.823. The third-order valence-corrected chi connectivity index (χ3v) is 5.79. The molecule has 23 heavy (non-hydrogen) atoms. The molecule has 1 aromatic carbocycles. The Labute approximate surface area is 142 Å². The first-order valence-electron chi connectivity index (χ1n) is 7.98. The van der Waals surface area contributed by atoms with Gasteiger partial charge in [-0.2, -0.15) is 0 Å². The van der Waals surface area contributed by atoms with Crippen LogP contribution in [0.4, 0.5) is 4.79 Å². The van der Waals surface area contributed by atoms with Crippen LogP contribution in [-0.2, 0) is 5.41 Å². The fraction of sp³-hybridized carbons (Fsp3) is 0.611. The van der Waals surface area contributed by atoms with E-state index < -0.39 is 6.09 Å². The van der Waals surface area contributed by atoms with Crippen LogP contribution < -0.4 is 0 Å². The number of likely N-dealkylation sites (tertiary alicyclic amines) is 1. The lowest BCUT2D eigenvalue weighted by Gasteiger charge is -2.49. The van der Waals surface area contributed by atoms with E-state index in [2.05, 4.69) is 45.0 Å². The minimum Gasteiger partial charge on any atom is -0.465 e. The lowest BCUT2D eigenvalue weighted by atomic mass is 9.66. The summed E-state index contributed by atoms with van der Waals surface area (Å²) < 4.78 is 0. The molecule has 2 N–H and O–H groups in total. The standard InChI is InChI=1S/C18H27NO3S/c1-17(2,3)15-11-18(12-20,9-10-19(15)16(21)22)13-5-7-14(23-4)8-6-13/h5-8,15,20H,9-12H2,1-4H3,(H,21,22). The van der Waals surface area contributed by atoms with E-state index in [0.29, 0.717) is 19.4 Å². The van der Waals surface area contributed by atoms with Crippen LogP contribution in [0.3, 0.4) is 0 Å². The number of benzene rings is 1. The van der Waals surface area contributed by atoms with Crippen molar-refractivity contribution in [2.45, 2.75) is 50.0 Å². The van der Waals surface area contributed by atoms with Crippen molar-refractivity contribution in [3.63, 3.8) is 0 Å². The molecule has 1 heterocycles. The zero-order valence-corrected chi connectivity index (χ0v) is 15.2. The predicted octanol–water partition coefficient (Wildman–Crippen LogP) is 3.83. The molecule has 1 saturated heterocycles. The first kappa shape index (κ1) is 18.1. The first-order chi connectivity index (χ1) is 10.7. The third kappa shape index (κ3) is 3.66. The number of carboxylic acid groups (broad SMARTS) is 1. The van der Waals surface area contributed by atoms with E-state index in [4.69, 9.17) is 0 Å². The van der Waals surface area contributed by atoms with Crippen LogP contribution in [0.1, 0.15) is 39.2 Å². The number of hydrogen-bond donors (Lipinski definition) is 2. The van der Waals surface area contributed by atoms with Crippen LogP contribution >= 0.6 is 11.8 Å². The van der Waals surface area contributed by atoms with Gasteiger partial charge in [-0.15, -0.1) is 11.8 Å². The Morgan fingerprint density at radius 2 is 1.96 bits per heavy atom. The van der Waals surface area contributed by atoms with Crippen molar-refractivity contribution in [2.24, 2.45) is 5.41 Å². The molecule has 128 valence electrons. The van der Waals surface area contributed by atoms with E-state index in [0.717, 1.165) is 5.56 Å². The highest BCUT2D eigenvalue weighted by molar-refractivity contribution is 7.98. The first-order valence-corrected chi connectivity index (χ1v) is 9.21. The molecule has 0 saturated carbocycles. The van der Waals surface area contributed by atoms with Gasteiger partial charge in [-0.3, -0.25) is 0 Å². The number of hydrogen-bond acceptors (Lipinski definition) is 3. The Balaban J connectivity index is 2.37. The average molecular weight is 337 g/mol. The summed E-state index contributed by atoms with van der Waals surface area (Å²) in [4.78, 5) is 14.3. The number of piperidine rings is 1. The van der Waals surface area contributed by atoms with E-state index in [1.807, 2.05) is 6.26 Å². The fourth-order valence-corrected chi connectivity index (χ4v) is 3.93. The van der Waals surface area contributed by atoms with Gasteiger partial charge in [-0.05, 0) is 42.2 Å². The molecule has 0 aliphatic carbocycles. The molecule has 5 heteroatoms. The topological polar surface area (TPSA) is 60.8 Å². The van der Waals surface area contributed by atoms with Crippen molar-refractivity contribution in [3.8, 4) is 0 Å². The summed E-state index contributed by atoms with van der Waals surface area (Å²) in [6.07, 6.45) is 2.48. The normalized spacial score (nSPS) is 25.4. The summed E-state index contributed by atoms with van der Waals surface area (Å²) in [7, 11) is 0. The summed E-state index contributed by atoms with van der Waals surface area (Å²) in [5.41, 5.74) is 0.580. The third-order valence-electron chi connectivity index (χ3n) is 5.04. The number of aliphatic hydroxyl groups is 1. The van der Waals surface area contributed by atoms with Gasteiger partial charge in [0.25, 0.3) is 0 Å². The van der Waals surface area contributed by atoms with Gasteiger partial charge < -0.3 is 15.1 Å². The minimum absolute atomic E-state index is 0.0473. The number of rotatable bonds is 3. The Bertz CT molecular complexity index is 552. The largest absolute Gasteiger partial charge is 0.465 e. The number of thioether (sulfide) groups is 1. The molecule has 1 aliphatic heterocycles. The van der Waals surface area contributed by atoms with Gasteiger partial charge in [0.1, 0.15) is 0 Å². The Hall–Kier alpha value is -1.20. The highest BCUT2D eigenvalue weighted by atomic mass is 32.2. The van der Waals surface area contributed by atoms with E-state index in [1.165, 1.54) is 4.90 Å². The van der Waals surface area contributed by atoms with Crippen molar-refractivity contribution in [1.82, 2.24) is 4.90 Å². The predicted molar refractivity (Wildman–Crippen MR) is 94.2 cm³/mol. The van der Waals surface area contributed by atoms with Gasteiger partial charge in [0, 0.05) is 22.9 Å². The average Bonchev–Trinajstić information content (AvgIpc) is 2.53. The second-order valence-electron chi connectivity index (χ2n) is 7.48. The van der Waals surface area contributed by atoms with Crippen LogP contribution in [0.25, 0.3) is 0 Å². The van der Waals surface area contributed by atoms with Crippen LogP contribution in [0.2, 0.25) is 0 Å². The van der Waals surface area contributed by atoms with Crippen LogP contribution in [0, 0.1) is 5.41 Å².